The van der Waals surface area contributed by atoms with Crippen LogP contribution in [-0.4, -0.2) is 30.0 Å². The molecule has 2 saturated carbocycles. The molecule has 0 unspecified atom stereocenters. The highest BCUT2D eigenvalue weighted by Crippen LogP contribution is 2.48. The van der Waals surface area contributed by atoms with E-state index in [0.717, 1.165) is 36.4 Å². The summed E-state index contributed by atoms with van der Waals surface area (Å²) in [4.78, 5) is 28.7. The van der Waals surface area contributed by atoms with Crippen molar-refractivity contribution in [3.8, 4) is 0 Å². The van der Waals surface area contributed by atoms with Crippen LogP contribution in [0.5, 0.6) is 0 Å². The molecule has 5 nitrogen and oxygen atoms in total. The van der Waals surface area contributed by atoms with Crippen LogP contribution in [0, 0.1) is 17.8 Å². The van der Waals surface area contributed by atoms with Gasteiger partial charge in [-0.25, -0.2) is 4.98 Å². The number of methoxy groups -OCH3 is 1. The first-order valence-corrected chi connectivity index (χ1v) is 8.80. The number of rotatable bonds is 5. The quantitative estimate of drug-likeness (QED) is 0.841. The lowest BCUT2D eigenvalue weighted by Crippen LogP contribution is -2.47. The number of nitrogens with one attached hydrogen (secondary N) is 1. The number of carbonyl (C=O) groups excluding carboxylic acids is 2. The van der Waals surface area contributed by atoms with E-state index in [9.17, 15) is 9.59 Å². The summed E-state index contributed by atoms with van der Waals surface area (Å²) in [5, 5.41) is 6.07. The maximum atomic E-state index is 12.3. The summed E-state index contributed by atoms with van der Waals surface area (Å²) in [6, 6.07) is -0.0667. The van der Waals surface area contributed by atoms with Crippen LogP contribution in [0.2, 0.25) is 0 Å². The minimum atomic E-state index is -0.181. The average molecular weight is 322 g/mol. The number of aromatic nitrogens is 1. The Kier molecular flexibility index (Phi) is 4.47. The van der Waals surface area contributed by atoms with Gasteiger partial charge in [0.05, 0.1) is 30.2 Å². The maximum Gasteiger partial charge on any atom is 0.311 e. The van der Waals surface area contributed by atoms with Crippen molar-refractivity contribution >= 4 is 23.2 Å². The highest BCUT2D eigenvalue weighted by Gasteiger charge is 2.51. The van der Waals surface area contributed by atoms with Gasteiger partial charge in [0.2, 0.25) is 5.91 Å². The lowest BCUT2D eigenvalue weighted by atomic mass is 9.84. The van der Waals surface area contributed by atoms with Gasteiger partial charge >= 0.3 is 5.97 Å². The summed E-state index contributed by atoms with van der Waals surface area (Å²) < 4.78 is 4.93. The number of aryl methyl sites for hydroxylation is 1. The van der Waals surface area contributed by atoms with Gasteiger partial charge in [-0.2, -0.15) is 0 Å². The molecule has 1 aromatic rings. The highest BCUT2D eigenvalue weighted by atomic mass is 32.1. The molecule has 6 heteroatoms. The molecule has 2 aliphatic carbocycles. The van der Waals surface area contributed by atoms with Crippen LogP contribution >= 0.6 is 11.3 Å². The molecule has 1 heterocycles. The third-order valence-corrected chi connectivity index (χ3v) is 6.00. The molecule has 1 aromatic heterocycles. The van der Waals surface area contributed by atoms with E-state index in [-0.39, 0.29) is 30.3 Å². The third-order valence-electron chi connectivity index (χ3n) is 4.96. The fourth-order valence-electron chi connectivity index (χ4n) is 3.97. The van der Waals surface area contributed by atoms with Crippen LogP contribution in [0.15, 0.2) is 5.38 Å². The largest absolute Gasteiger partial charge is 0.469 e. The van der Waals surface area contributed by atoms with E-state index in [1.165, 1.54) is 7.11 Å². The second-order valence-electron chi connectivity index (χ2n) is 6.24. The molecular weight excluding hydrogens is 300 g/mol. The Hall–Kier alpha value is -1.43. The first-order valence-electron chi connectivity index (χ1n) is 7.92. The van der Waals surface area contributed by atoms with E-state index >= 15 is 0 Å². The van der Waals surface area contributed by atoms with Crippen molar-refractivity contribution < 1.29 is 14.3 Å². The van der Waals surface area contributed by atoms with Gasteiger partial charge in [-0.15, -0.1) is 11.3 Å². The number of amides is 1. The Labute approximate surface area is 134 Å². The van der Waals surface area contributed by atoms with Gasteiger partial charge in [-0.1, -0.05) is 6.92 Å². The molecule has 2 bridgehead atoms. The van der Waals surface area contributed by atoms with Crippen molar-refractivity contribution in [3.63, 3.8) is 0 Å². The Morgan fingerprint density at radius 3 is 2.86 bits per heavy atom. The fourth-order valence-corrected chi connectivity index (χ4v) is 4.71. The van der Waals surface area contributed by atoms with Crippen LogP contribution in [0.1, 0.15) is 36.9 Å². The van der Waals surface area contributed by atoms with Gasteiger partial charge in [0.25, 0.3) is 0 Å². The topological polar surface area (TPSA) is 68.3 Å². The lowest BCUT2D eigenvalue weighted by molar-refractivity contribution is -0.148. The minimum absolute atomic E-state index is 0.0422. The Balaban J connectivity index is 1.63. The summed E-state index contributed by atoms with van der Waals surface area (Å²) in [5.74, 6) is 0.390. The first kappa shape index (κ1) is 15.5. The molecule has 120 valence electrons. The second kappa shape index (κ2) is 6.36. The molecule has 1 amide bonds. The third kappa shape index (κ3) is 2.89. The van der Waals surface area contributed by atoms with E-state index in [0.29, 0.717) is 11.8 Å². The molecule has 1 N–H and O–H groups in total. The molecular formula is C16H22N2O3S. The number of carbonyl (C=O) groups is 2. The van der Waals surface area contributed by atoms with Gasteiger partial charge in [0.1, 0.15) is 0 Å². The average Bonchev–Trinajstić information content (AvgIpc) is 3.21. The van der Waals surface area contributed by atoms with E-state index in [1.54, 1.807) is 11.3 Å². The zero-order chi connectivity index (χ0) is 15.7. The molecule has 22 heavy (non-hydrogen) atoms. The van der Waals surface area contributed by atoms with Crippen molar-refractivity contribution in [2.45, 2.75) is 45.1 Å². The number of nitrogens with zero attached hydrogens (tertiary/aromatic N) is 1. The Morgan fingerprint density at radius 2 is 2.18 bits per heavy atom. The predicted octanol–water partition coefficient (Wildman–Crippen LogP) is 1.95. The summed E-state index contributed by atoms with van der Waals surface area (Å²) in [6.07, 6.45) is 4.38. The summed E-state index contributed by atoms with van der Waals surface area (Å²) in [7, 11) is 1.43. The zero-order valence-corrected chi connectivity index (χ0v) is 13.8. The number of hydrogen-bond acceptors (Lipinski definition) is 5. The fraction of sp³-hybridized carbons (Fsp3) is 0.688. The molecule has 0 aliphatic heterocycles. The van der Waals surface area contributed by atoms with Crippen LogP contribution < -0.4 is 5.32 Å². The van der Waals surface area contributed by atoms with Gasteiger partial charge in [-0.05, 0) is 37.5 Å². The highest BCUT2D eigenvalue weighted by molar-refractivity contribution is 7.09. The van der Waals surface area contributed by atoms with E-state index in [4.69, 9.17) is 4.74 Å². The molecule has 0 aromatic carbocycles. The molecule has 2 fully saturated rings. The Bertz CT molecular complexity index is 571. The standard InChI is InChI=1S/C16H22N2O3S/c1-3-13-17-11(8-22-13)7-12(19)18-15-10-5-4-9(6-10)14(15)16(20)21-2/h8-10,14-15H,3-7H2,1-2H3,(H,18,19)/t9-,10-,14-,15+/m0/s1. The number of esters is 1. The van der Waals surface area contributed by atoms with E-state index < -0.39 is 0 Å². The normalized spacial score (nSPS) is 29.5. The Morgan fingerprint density at radius 1 is 1.41 bits per heavy atom. The van der Waals surface area contributed by atoms with E-state index in [2.05, 4.69) is 17.2 Å². The van der Waals surface area contributed by atoms with Crippen molar-refractivity contribution in [1.82, 2.24) is 10.3 Å². The zero-order valence-electron chi connectivity index (χ0n) is 13.0. The molecule has 2 aliphatic rings. The number of ether oxygens (including phenoxy) is 1. The van der Waals surface area contributed by atoms with Crippen LogP contribution in [-0.2, 0) is 27.2 Å². The second-order valence-corrected chi connectivity index (χ2v) is 7.18. The van der Waals surface area contributed by atoms with Gasteiger partial charge in [0.15, 0.2) is 0 Å². The number of thiazole rings is 1. The smallest absolute Gasteiger partial charge is 0.311 e. The number of hydrogen-bond donors (Lipinski definition) is 1. The summed E-state index contributed by atoms with van der Waals surface area (Å²) in [6.45, 7) is 2.05. The monoisotopic (exact) mass is 322 g/mol. The molecule has 0 spiro atoms. The van der Waals surface area contributed by atoms with Crippen molar-refractivity contribution in [2.24, 2.45) is 17.8 Å². The molecule has 0 saturated heterocycles. The maximum absolute atomic E-state index is 12.3. The van der Waals surface area contributed by atoms with Crippen molar-refractivity contribution in [3.05, 3.63) is 16.1 Å². The van der Waals surface area contributed by atoms with Crippen LogP contribution in [0.3, 0.4) is 0 Å². The molecule has 0 radical (unpaired) electrons. The minimum Gasteiger partial charge on any atom is -0.469 e. The van der Waals surface area contributed by atoms with Gasteiger partial charge in [-0.3, -0.25) is 9.59 Å². The van der Waals surface area contributed by atoms with Crippen LogP contribution in [0.25, 0.3) is 0 Å². The molecule has 3 rings (SSSR count). The summed E-state index contributed by atoms with van der Waals surface area (Å²) in [5.41, 5.74) is 0.817. The van der Waals surface area contributed by atoms with Crippen LogP contribution in [0.4, 0.5) is 0 Å². The summed E-state index contributed by atoms with van der Waals surface area (Å²) >= 11 is 1.59. The lowest BCUT2D eigenvalue weighted by Gasteiger charge is -2.29. The predicted molar refractivity (Wildman–Crippen MR) is 83.5 cm³/mol. The van der Waals surface area contributed by atoms with Gasteiger partial charge < -0.3 is 10.1 Å². The van der Waals surface area contributed by atoms with Crippen molar-refractivity contribution in [1.29, 1.82) is 0 Å². The molecule has 4 atom stereocenters. The first-order chi connectivity index (χ1) is 10.6. The SMILES string of the molecule is CCc1nc(CC(=O)N[C@@H]2[C@H]3CC[C@@H](C3)[C@@H]2C(=O)OC)cs1. The van der Waals surface area contributed by atoms with Gasteiger partial charge in [0, 0.05) is 11.4 Å². The number of fused-ring (bicyclic) bond motifs is 2. The van der Waals surface area contributed by atoms with Crippen molar-refractivity contribution in [2.75, 3.05) is 7.11 Å². The van der Waals surface area contributed by atoms with E-state index in [1.807, 2.05) is 5.38 Å².